The second-order valence-corrected chi connectivity index (χ2v) is 7.45. The Morgan fingerprint density at radius 1 is 0.964 bits per heavy atom. The van der Waals surface area contributed by atoms with Crippen molar-refractivity contribution >= 4 is 21.7 Å². The van der Waals surface area contributed by atoms with Crippen molar-refractivity contribution in [1.29, 1.82) is 0 Å². The minimum absolute atomic E-state index is 0.875. The predicted octanol–water partition coefficient (Wildman–Crippen LogP) is 5.44. The van der Waals surface area contributed by atoms with E-state index in [1.54, 1.807) is 7.11 Å². The Hall–Kier alpha value is -2.91. The minimum Gasteiger partial charge on any atom is -0.497 e. The Kier molecular flexibility index (Phi) is 4.25. The van der Waals surface area contributed by atoms with Crippen LogP contribution < -0.4 is 4.74 Å². The van der Waals surface area contributed by atoms with E-state index in [0.29, 0.717) is 0 Å². The number of pyridine rings is 1. The van der Waals surface area contributed by atoms with Crippen LogP contribution in [0.5, 0.6) is 5.75 Å². The number of fused-ring (bicyclic) bond motifs is 5. The number of likely N-dealkylation sites (N-methyl/N-ethyl adjacent to an activating group) is 1. The van der Waals surface area contributed by atoms with Gasteiger partial charge in [0.15, 0.2) is 0 Å². The first-order valence-electron chi connectivity index (χ1n) is 9.98. The summed E-state index contributed by atoms with van der Waals surface area (Å²) >= 11 is 0. The summed E-state index contributed by atoms with van der Waals surface area (Å²) in [5, 5.41) is 3.94. The molecule has 3 aromatic carbocycles. The summed E-state index contributed by atoms with van der Waals surface area (Å²) in [7, 11) is 1.70. The highest BCUT2D eigenvalue weighted by atomic mass is 16.5. The molecule has 1 aliphatic heterocycles. The number of nitrogens with zero attached hydrogens (tertiary/aromatic N) is 2. The normalized spacial score (nSPS) is 14.4. The molecule has 3 heteroatoms. The van der Waals surface area contributed by atoms with E-state index in [2.05, 4.69) is 60.4 Å². The first kappa shape index (κ1) is 17.2. The molecule has 0 amide bonds. The maximum atomic E-state index is 5.34. The van der Waals surface area contributed by atoms with Gasteiger partial charge in [0, 0.05) is 24.0 Å². The summed E-state index contributed by atoms with van der Waals surface area (Å²) in [5.41, 5.74) is 6.20. The summed E-state index contributed by atoms with van der Waals surface area (Å²) in [6.07, 6.45) is 1.07. The summed E-state index contributed by atoms with van der Waals surface area (Å²) in [6.45, 7) is 5.37. The van der Waals surface area contributed by atoms with Gasteiger partial charge in [-0.25, -0.2) is 4.98 Å². The van der Waals surface area contributed by atoms with Crippen LogP contribution in [0.1, 0.15) is 18.1 Å². The summed E-state index contributed by atoms with van der Waals surface area (Å²) in [4.78, 5) is 7.67. The standard InChI is InChI=1S/C25H24N2O/c1-3-27-15-14-21-22(16-27)25(18-8-11-19(28-2)12-9-18)26-23-13-10-17-6-4-5-7-20(17)24(21)23/h4-13H,3,14-16H2,1-2H3. The molecule has 0 spiro atoms. The van der Waals surface area contributed by atoms with Gasteiger partial charge in [-0.2, -0.15) is 0 Å². The summed E-state index contributed by atoms with van der Waals surface area (Å²) in [5.74, 6) is 0.875. The molecule has 140 valence electrons. The molecule has 1 aliphatic rings. The number of hydrogen-bond acceptors (Lipinski definition) is 3. The molecule has 2 heterocycles. The lowest BCUT2D eigenvalue weighted by molar-refractivity contribution is 0.269. The summed E-state index contributed by atoms with van der Waals surface area (Å²) < 4.78 is 5.34. The van der Waals surface area contributed by atoms with Crippen molar-refractivity contribution in [2.24, 2.45) is 0 Å². The van der Waals surface area contributed by atoms with Gasteiger partial charge >= 0.3 is 0 Å². The van der Waals surface area contributed by atoms with Gasteiger partial charge in [0.1, 0.15) is 5.75 Å². The zero-order valence-corrected chi connectivity index (χ0v) is 16.4. The Morgan fingerprint density at radius 2 is 1.79 bits per heavy atom. The molecule has 28 heavy (non-hydrogen) atoms. The number of ether oxygens (including phenoxy) is 1. The molecule has 0 N–H and O–H groups in total. The van der Waals surface area contributed by atoms with Crippen molar-refractivity contribution in [3.05, 3.63) is 71.8 Å². The number of rotatable bonds is 3. The monoisotopic (exact) mass is 368 g/mol. The Balaban J connectivity index is 1.81. The smallest absolute Gasteiger partial charge is 0.118 e. The topological polar surface area (TPSA) is 25.4 Å². The first-order chi connectivity index (χ1) is 13.8. The van der Waals surface area contributed by atoms with Crippen LogP contribution in [-0.2, 0) is 13.0 Å². The second kappa shape index (κ2) is 6.92. The van der Waals surface area contributed by atoms with Crippen LogP contribution in [0.2, 0.25) is 0 Å². The number of benzene rings is 3. The third-order valence-corrected chi connectivity index (χ3v) is 5.96. The zero-order chi connectivity index (χ0) is 19.1. The van der Waals surface area contributed by atoms with Crippen molar-refractivity contribution in [1.82, 2.24) is 9.88 Å². The van der Waals surface area contributed by atoms with E-state index in [4.69, 9.17) is 9.72 Å². The van der Waals surface area contributed by atoms with Gasteiger partial charge in [-0.3, -0.25) is 4.90 Å². The lowest BCUT2D eigenvalue weighted by Gasteiger charge is -2.30. The predicted molar refractivity (Wildman–Crippen MR) is 116 cm³/mol. The van der Waals surface area contributed by atoms with E-state index < -0.39 is 0 Å². The molecule has 0 atom stereocenters. The number of methoxy groups -OCH3 is 1. The van der Waals surface area contributed by atoms with E-state index in [-0.39, 0.29) is 0 Å². The lowest BCUT2D eigenvalue weighted by Crippen LogP contribution is -2.31. The molecule has 4 aromatic rings. The fourth-order valence-electron chi connectivity index (χ4n) is 4.43. The van der Waals surface area contributed by atoms with Crippen molar-refractivity contribution < 1.29 is 4.74 Å². The van der Waals surface area contributed by atoms with E-state index in [1.165, 1.54) is 27.3 Å². The highest BCUT2D eigenvalue weighted by Crippen LogP contribution is 2.37. The molecule has 0 aliphatic carbocycles. The van der Waals surface area contributed by atoms with Crippen molar-refractivity contribution in [3.8, 4) is 17.0 Å². The Labute approximate surface area is 165 Å². The van der Waals surface area contributed by atoms with Crippen molar-refractivity contribution in [2.45, 2.75) is 19.9 Å². The fraction of sp³-hybridized carbons (Fsp3) is 0.240. The molecule has 0 radical (unpaired) electrons. The molecule has 3 nitrogen and oxygen atoms in total. The van der Waals surface area contributed by atoms with E-state index >= 15 is 0 Å². The van der Waals surface area contributed by atoms with Crippen LogP contribution in [0.3, 0.4) is 0 Å². The van der Waals surface area contributed by atoms with Gasteiger partial charge in [0.2, 0.25) is 0 Å². The van der Waals surface area contributed by atoms with Gasteiger partial charge in [0.25, 0.3) is 0 Å². The largest absolute Gasteiger partial charge is 0.497 e. The molecular formula is C25H24N2O. The van der Waals surface area contributed by atoms with Crippen molar-refractivity contribution in [3.63, 3.8) is 0 Å². The highest BCUT2D eigenvalue weighted by molar-refractivity contribution is 6.09. The Morgan fingerprint density at radius 3 is 2.57 bits per heavy atom. The molecule has 5 rings (SSSR count). The molecule has 0 fully saturated rings. The average Bonchev–Trinajstić information content (AvgIpc) is 2.77. The fourth-order valence-corrected chi connectivity index (χ4v) is 4.43. The zero-order valence-electron chi connectivity index (χ0n) is 16.4. The van der Waals surface area contributed by atoms with Gasteiger partial charge in [-0.15, -0.1) is 0 Å². The summed E-state index contributed by atoms with van der Waals surface area (Å²) in [6, 6.07) is 21.3. The maximum absolute atomic E-state index is 5.34. The Bertz CT molecular complexity index is 1160. The van der Waals surface area contributed by atoms with Crippen LogP contribution in [0, 0.1) is 0 Å². The van der Waals surface area contributed by atoms with Gasteiger partial charge in [-0.1, -0.05) is 37.3 Å². The van der Waals surface area contributed by atoms with Crippen LogP contribution in [0.4, 0.5) is 0 Å². The highest BCUT2D eigenvalue weighted by Gasteiger charge is 2.23. The maximum Gasteiger partial charge on any atom is 0.118 e. The van der Waals surface area contributed by atoms with E-state index in [0.717, 1.165) is 48.6 Å². The first-order valence-corrected chi connectivity index (χ1v) is 9.98. The van der Waals surface area contributed by atoms with Crippen molar-refractivity contribution in [2.75, 3.05) is 20.2 Å². The SMILES string of the molecule is CCN1CCc2c(c(-c3ccc(OC)cc3)nc3ccc4ccccc4c23)C1. The molecular weight excluding hydrogens is 344 g/mol. The molecule has 0 saturated heterocycles. The minimum atomic E-state index is 0.875. The molecule has 0 bridgehead atoms. The van der Waals surface area contributed by atoms with Gasteiger partial charge in [-0.05, 0) is 65.2 Å². The van der Waals surface area contributed by atoms with E-state index in [9.17, 15) is 0 Å². The quantitative estimate of drug-likeness (QED) is 0.450. The third-order valence-electron chi connectivity index (χ3n) is 5.96. The average molecular weight is 368 g/mol. The van der Waals surface area contributed by atoms with Gasteiger partial charge in [0.05, 0.1) is 18.3 Å². The molecule has 0 saturated carbocycles. The number of aromatic nitrogens is 1. The second-order valence-electron chi connectivity index (χ2n) is 7.45. The lowest BCUT2D eigenvalue weighted by atomic mass is 9.89. The van der Waals surface area contributed by atoms with Crippen LogP contribution in [0.15, 0.2) is 60.7 Å². The van der Waals surface area contributed by atoms with E-state index in [1.807, 2.05) is 12.1 Å². The number of hydrogen-bond donors (Lipinski definition) is 0. The molecule has 1 aromatic heterocycles. The molecule has 0 unspecified atom stereocenters. The third kappa shape index (κ3) is 2.74. The van der Waals surface area contributed by atoms with Gasteiger partial charge < -0.3 is 4.74 Å². The van der Waals surface area contributed by atoms with Crippen LogP contribution in [-0.4, -0.2) is 30.1 Å². The van der Waals surface area contributed by atoms with Crippen LogP contribution >= 0.6 is 0 Å². The van der Waals surface area contributed by atoms with Crippen LogP contribution in [0.25, 0.3) is 32.9 Å².